The Morgan fingerprint density at radius 3 is 2.78 bits per heavy atom. The highest BCUT2D eigenvalue weighted by molar-refractivity contribution is 6.31. The average Bonchev–Trinajstić information content (AvgIpc) is 2.87. The molecule has 0 radical (unpaired) electrons. The molecule has 1 aromatic rings. The van der Waals surface area contributed by atoms with Gasteiger partial charge in [0.05, 0.1) is 22.5 Å². The van der Waals surface area contributed by atoms with E-state index >= 15 is 0 Å². The van der Waals surface area contributed by atoms with E-state index < -0.39 is 0 Å². The molecule has 0 aromatic carbocycles. The van der Waals surface area contributed by atoms with Crippen molar-refractivity contribution in [1.82, 2.24) is 9.78 Å². The molecule has 3 atom stereocenters. The van der Waals surface area contributed by atoms with Gasteiger partial charge in [0.25, 0.3) is 0 Å². The Morgan fingerprint density at radius 1 is 1.50 bits per heavy atom. The number of aromatic nitrogens is 2. The van der Waals surface area contributed by atoms with E-state index in [0.717, 1.165) is 29.4 Å². The maximum Gasteiger partial charge on any atom is 0.0848 e. The minimum Gasteiger partial charge on any atom is -0.392 e. The van der Waals surface area contributed by atoms with Gasteiger partial charge in [0.15, 0.2) is 0 Å². The quantitative estimate of drug-likeness (QED) is 0.912. The first-order chi connectivity index (χ1) is 8.54. The number of hydrogen-bond donors (Lipinski definition) is 1. The van der Waals surface area contributed by atoms with Crippen molar-refractivity contribution in [2.75, 3.05) is 0 Å². The molecule has 0 amide bonds. The van der Waals surface area contributed by atoms with E-state index in [1.54, 1.807) is 0 Å². The van der Waals surface area contributed by atoms with Gasteiger partial charge in [-0.05, 0) is 32.1 Å². The van der Waals surface area contributed by atoms with Crippen molar-refractivity contribution < 1.29 is 5.11 Å². The van der Waals surface area contributed by atoms with Crippen molar-refractivity contribution in [3.05, 3.63) is 16.4 Å². The molecule has 0 bridgehead atoms. The summed E-state index contributed by atoms with van der Waals surface area (Å²) in [4.78, 5) is 0. The third-order valence-electron chi connectivity index (χ3n) is 4.28. The summed E-state index contributed by atoms with van der Waals surface area (Å²) in [6, 6.07) is 0. The molecule has 1 saturated carbocycles. The molecular weight excluding hydrogens is 248 g/mol. The van der Waals surface area contributed by atoms with Crippen molar-refractivity contribution in [1.29, 1.82) is 0 Å². The Bertz CT molecular complexity index is 416. The van der Waals surface area contributed by atoms with Crippen LogP contribution in [0.15, 0.2) is 0 Å². The Morgan fingerprint density at radius 2 is 2.22 bits per heavy atom. The molecule has 0 spiro atoms. The van der Waals surface area contributed by atoms with Gasteiger partial charge in [0.2, 0.25) is 0 Å². The van der Waals surface area contributed by atoms with Crippen molar-refractivity contribution >= 4 is 11.6 Å². The van der Waals surface area contributed by atoms with Crippen LogP contribution in [0.5, 0.6) is 0 Å². The second-order valence-electron chi connectivity index (χ2n) is 5.51. The Balaban J connectivity index is 2.13. The highest BCUT2D eigenvalue weighted by Gasteiger charge is 2.31. The van der Waals surface area contributed by atoms with E-state index in [2.05, 4.69) is 18.9 Å². The summed E-state index contributed by atoms with van der Waals surface area (Å²) < 4.78 is 1.92. The Labute approximate surface area is 114 Å². The second kappa shape index (κ2) is 5.62. The molecule has 1 heterocycles. The topological polar surface area (TPSA) is 38.0 Å². The molecule has 3 nitrogen and oxygen atoms in total. The highest BCUT2D eigenvalue weighted by Crippen LogP contribution is 2.35. The fraction of sp³-hybridized carbons (Fsp3) is 0.786. The summed E-state index contributed by atoms with van der Waals surface area (Å²) in [5.41, 5.74) is 1.85. The fourth-order valence-corrected chi connectivity index (χ4v) is 3.37. The molecule has 1 aromatic heterocycles. The highest BCUT2D eigenvalue weighted by atomic mass is 35.5. The largest absolute Gasteiger partial charge is 0.392 e. The number of nitrogens with zero attached hydrogens (tertiary/aromatic N) is 2. The van der Waals surface area contributed by atoms with Crippen LogP contribution in [0.2, 0.25) is 5.02 Å². The molecule has 1 fully saturated rings. The van der Waals surface area contributed by atoms with Crippen molar-refractivity contribution in [3.63, 3.8) is 0 Å². The van der Waals surface area contributed by atoms with Crippen LogP contribution >= 0.6 is 11.6 Å². The zero-order valence-electron chi connectivity index (χ0n) is 11.5. The van der Waals surface area contributed by atoms with E-state index in [4.69, 9.17) is 11.6 Å². The Hall–Kier alpha value is -0.540. The van der Waals surface area contributed by atoms with Gasteiger partial charge in [-0.3, -0.25) is 4.68 Å². The van der Waals surface area contributed by atoms with Gasteiger partial charge >= 0.3 is 0 Å². The molecule has 1 aliphatic carbocycles. The zero-order chi connectivity index (χ0) is 13.3. The van der Waals surface area contributed by atoms with Crippen molar-refractivity contribution in [2.24, 2.45) is 11.8 Å². The third-order valence-corrected chi connectivity index (χ3v) is 4.77. The lowest BCUT2D eigenvalue weighted by Gasteiger charge is -2.22. The number of halogens is 1. The summed E-state index contributed by atoms with van der Waals surface area (Å²) in [6.45, 7) is 7.01. The van der Waals surface area contributed by atoms with Gasteiger partial charge in [-0.15, -0.1) is 0 Å². The smallest absolute Gasteiger partial charge is 0.0848 e. The number of aliphatic hydroxyl groups excluding tert-OH is 1. The van der Waals surface area contributed by atoms with Gasteiger partial charge < -0.3 is 5.11 Å². The third kappa shape index (κ3) is 2.57. The normalized spacial score (nSPS) is 25.6. The van der Waals surface area contributed by atoms with Gasteiger partial charge in [-0.1, -0.05) is 31.4 Å². The van der Waals surface area contributed by atoms with E-state index in [1.165, 1.54) is 12.8 Å². The molecule has 1 aliphatic rings. The van der Waals surface area contributed by atoms with Gasteiger partial charge in [0.1, 0.15) is 0 Å². The summed E-state index contributed by atoms with van der Waals surface area (Å²) in [5.74, 6) is 1.04. The molecule has 0 aliphatic heterocycles. The molecule has 1 N–H and O–H groups in total. The molecule has 4 heteroatoms. The van der Waals surface area contributed by atoms with Crippen LogP contribution in [0.3, 0.4) is 0 Å². The number of rotatable bonds is 4. The molecule has 3 unspecified atom stereocenters. The minimum absolute atomic E-state index is 0.290. The lowest BCUT2D eigenvalue weighted by molar-refractivity contribution is 0.0882. The maximum absolute atomic E-state index is 10.4. The molecule has 18 heavy (non-hydrogen) atoms. The fourth-order valence-electron chi connectivity index (χ4n) is 3.16. The first-order valence-electron chi connectivity index (χ1n) is 6.94. The predicted octanol–water partition coefficient (Wildman–Crippen LogP) is 3.20. The van der Waals surface area contributed by atoms with Crippen molar-refractivity contribution in [2.45, 2.75) is 59.1 Å². The Kier molecular flexibility index (Phi) is 4.33. The van der Waals surface area contributed by atoms with E-state index in [9.17, 15) is 5.11 Å². The van der Waals surface area contributed by atoms with Gasteiger partial charge in [0, 0.05) is 13.0 Å². The predicted molar refractivity (Wildman–Crippen MR) is 73.9 cm³/mol. The lowest BCUT2D eigenvalue weighted by Crippen LogP contribution is -2.26. The average molecular weight is 271 g/mol. The SMILES string of the molecule is CCn1nc(C)c(Cl)c1CC(O)C1CCCC1C. The molecular formula is C14H23ClN2O. The van der Waals surface area contributed by atoms with Crippen LogP contribution in [0.25, 0.3) is 0 Å². The van der Waals surface area contributed by atoms with E-state index in [-0.39, 0.29) is 6.10 Å². The minimum atomic E-state index is -0.290. The van der Waals surface area contributed by atoms with Crippen LogP contribution < -0.4 is 0 Å². The van der Waals surface area contributed by atoms with Crippen LogP contribution in [-0.2, 0) is 13.0 Å². The first-order valence-corrected chi connectivity index (χ1v) is 7.32. The second-order valence-corrected chi connectivity index (χ2v) is 5.88. The monoisotopic (exact) mass is 270 g/mol. The molecule has 2 rings (SSSR count). The summed E-state index contributed by atoms with van der Waals surface area (Å²) >= 11 is 6.29. The van der Waals surface area contributed by atoms with Crippen molar-refractivity contribution in [3.8, 4) is 0 Å². The molecule has 102 valence electrons. The lowest BCUT2D eigenvalue weighted by atomic mass is 9.89. The first kappa shape index (κ1) is 13.9. The van der Waals surface area contributed by atoms with Gasteiger partial charge in [-0.25, -0.2) is 0 Å². The maximum atomic E-state index is 10.4. The summed E-state index contributed by atoms with van der Waals surface area (Å²) in [7, 11) is 0. The summed E-state index contributed by atoms with van der Waals surface area (Å²) in [6.07, 6.45) is 3.95. The van der Waals surface area contributed by atoms with E-state index in [0.29, 0.717) is 18.3 Å². The van der Waals surface area contributed by atoms with Crippen LogP contribution in [-0.4, -0.2) is 21.0 Å². The van der Waals surface area contributed by atoms with Crippen LogP contribution in [0.4, 0.5) is 0 Å². The van der Waals surface area contributed by atoms with Crippen LogP contribution in [0.1, 0.15) is 44.5 Å². The molecule has 0 saturated heterocycles. The number of aliphatic hydroxyl groups is 1. The van der Waals surface area contributed by atoms with E-state index in [1.807, 2.05) is 11.6 Å². The van der Waals surface area contributed by atoms with Crippen LogP contribution in [0, 0.1) is 18.8 Å². The number of aryl methyl sites for hydroxylation is 2. The summed E-state index contributed by atoms with van der Waals surface area (Å²) in [5, 5.41) is 15.6. The number of hydrogen-bond acceptors (Lipinski definition) is 2. The van der Waals surface area contributed by atoms with Gasteiger partial charge in [-0.2, -0.15) is 5.10 Å². The standard InChI is InChI=1S/C14H23ClN2O/c1-4-17-12(14(15)10(3)16-17)8-13(18)11-7-5-6-9(11)2/h9,11,13,18H,4-8H2,1-3H3. The zero-order valence-corrected chi connectivity index (χ0v) is 12.2.